The molecule has 0 fully saturated rings. The molecule has 1 heterocycles. The number of nitrogens with zero attached hydrogens (tertiary/aromatic N) is 1. The number of amides is 1. The molecule has 6 nitrogen and oxygen atoms in total. The van der Waals surface area contributed by atoms with Crippen LogP contribution in [0.1, 0.15) is 24.3 Å². The Bertz CT molecular complexity index is 417. The fraction of sp³-hybridized carbons (Fsp3) is 0.500. The smallest absolute Gasteiger partial charge is 0.328 e. The Hall–Kier alpha value is -1.63. The van der Waals surface area contributed by atoms with Crippen LogP contribution in [-0.4, -0.2) is 30.0 Å². The number of hydrogen-bond donors (Lipinski definition) is 2. The zero-order valence-electron chi connectivity index (χ0n) is 9.89. The third-order valence-electron chi connectivity index (χ3n) is 2.16. The highest BCUT2D eigenvalue weighted by Gasteiger charge is 2.26. The summed E-state index contributed by atoms with van der Waals surface area (Å²) >= 11 is 1.17. The highest BCUT2D eigenvalue weighted by atomic mass is 32.1. The number of nitrogens with two attached hydrogens (primary N) is 1. The van der Waals surface area contributed by atoms with Gasteiger partial charge in [0.2, 0.25) is 0 Å². The summed E-state index contributed by atoms with van der Waals surface area (Å²) in [6.07, 6.45) is 0. The fourth-order valence-electron chi connectivity index (χ4n) is 1.23. The van der Waals surface area contributed by atoms with Crippen molar-refractivity contribution in [3.05, 3.63) is 11.1 Å². The summed E-state index contributed by atoms with van der Waals surface area (Å²) < 4.78 is 4.62. The zero-order chi connectivity index (χ0) is 13.0. The number of hydrogen-bond acceptors (Lipinski definition) is 6. The molecule has 1 atom stereocenters. The molecular formula is C10H15N3O3S. The van der Waals surface area contributed by atoms with Gasteiger partial charge >= 0.3 is 5.97 Å². The first-order valence-electron chi connectivity index (χ1n) is 5.05. The minimum absolute atomic E-state index is 0.0672. The summed E-state index contributed by atoms with van der Waals surface area (Å²) in [7, 11) is 1.28. The van der Waals surface area contributed by atoms with E-state index < -0.39 is 17.9 Å². The van der Waals surface area contributed by atoms with E-state index >= 15 is 0 Å². The van der Waals surface area contributed by atoms with Gasteiger partial charge in [-0.3, -0.25) is 4.79 Å². The molecule has 94 valence electrons. The molecular weight excluding hydrogens is 242 g/mol. The molecule has 0 saturated heterocycles. The van der Waals surface area contributed by atoms with Gasteiger partial charge in [-0.25, -0.2) is 9.78 Å². The summed E-state index contributed by atoms with van der Waals surface area (Å²) in [4.78, 5) is 27.0. The maximum Gasteiger partial charge on any atom is 0.328 e. The number of aromatic nitrogens is 1. The van der Waals surface area contributed by atoms with Crippen molar-refractivity contribution < 1.29 is 14.3 Å². The minimum atomic E-state index is -0.685. The van der Waals surface area contributed by atoms with Crippen LogP contribution in [0.2, 0.25) is 0 Å². The van der Waals surface area contributed by atoms with Crippen LogP contribution in [0.5, 0.6) is 0 Å². The van der Waals surface area contributed by atoms with Crippen molar-refractivity contribution in [3.8, 4) is 0 Å². The Morgan fingerprint density at radius 1 is 1.53 bits per heavy atom. The third-order valence-corrected chi connectivity index (χ3v) is 2.84. The van der Waals surface area contributed by atoms with Gasteiger partial charge < -0.3 is 15.8 Å². The maximum atomic E-state index is 11.8. The summed E-state index contributed by atoms with van der Waals surface area (Å²) in [6, 6.07) is -0.685. The van der Waals surface area contributed by atoms with Crippen molar-refractivity contribution in [1.29, 1.82) is 0 Å². The molecule has 0 bridgehead atoms. The van der Waals surface area contributed by atoms with Crippen LogP contribution in [-0.2, 0) is 9.53 Å². The number of thiazole rings is 1. The Morgan fingerprint density at radius 2 is 2.18 bits per heavy atom. The summed E-state index contributed by atoms with van der Waals surface area (Å²) in [5.41, 5.74) is 5.64. The SMILES string of the molecule is COC(=O)C(NC(=O)c1csc(N)n1)C(C)C. The topological polar surface area (TPSA) is 94.3 Å². The number of ether oxygens (including phenoxy) is 1. The van der Waals surface area contributed by atoms with Gasteiger partial charge in [0.1, 0.15) is 11.7 Å². The molecule has 0 saturated carbocycles. The van der Waals surface area contributed by atoms with E-state index in [1.165, 1.54) is 18.4 Å². The van der Waals surface area contributed by atoms with Crippen LogP contribution >= 0.6 is 11.3 Å². The average molecular weight is 257 g/mol. The minimum Gasteiger partial charge on any atom is -0.467 e. The number of carbonyl (C=O) groups is 2. The van der Waals surface area contributed by atoms with Crippen molar-refractivity contribution >= 4 is 28.3 Å². The van der Waals surface area contributed by atoms with E-state index in [1.807, 2.05) is 13.8 Å². The van der Waals surface area contributed by atoms with Crippen LogP contribution in [0.15, 0.2) is 5.38 Å². The van der Waals surface area contributed by atoms with Gasteiger partial charge in [0, 0.05) is 5.38 Å². The van der Waals surface area contributed by atoms with Crippen LogP contribution in [0.4, 0.5) is 5.13 Å². The van der Waals surface area contributed by atoms with Gasteiger partial charge in [0.15, 0.2) is 5.13 Å². The molecule has 0 radical (unpaired) electrons. The number of methoxy groups -OCH3 is 1. The molecule has 0 spiro atoms. The maximum absolute atomic E-state index is 11.8. The predicted molar refractivity (Wildman–Crippen MR) is 64.6 cm³/mol. The lowest BCUT2D eigenvalue weighted by atomic mass is 10.0. The highest BCUT2D eigenvalue weighted by Crippen LogP contribution is 2.12. The second kappa shape index (κ2) is 5.62. The van der Waals surface area contributed by atoms with E-state index in [1.54, 1.807) is 5.38 Å². The van der Waals surface area contributed by atoms with Gasteiger partial charge in [-0.1, -0.05) is 13.8 Å². The Kier molecular flexibility index (Phi) is 4.45. The molecule has 1 rings (SSSR count). The molecule has 1 aromatic heterocycles. The van der Waals surface area contributed by atoms with Crippen molar-refractivity contribution in [3.63, 3.8) is 0 Å². The molecule has 3 N–H and O–H groups in total. The Morgan fingerprint density at radius 3 is 2.59 bits per heavy atom. The van der Waals surface area contributed by atoms with Gasteiger partial charge in [-0.05, 0) is 5.92 Å². The van der Waals surface area contributed by atoms with Gasteiger partial charge in [0.05, 0.1) is 7.11 Å². The molecule has 0 aliphatic carbocycles. The Labute approximate surface area is 103 Å². The van der Waals surface area contributed by atoms with Crippen molar-refractivity contribution in [2.45, 2.75) is 19.9 Å². The van der Waals surface area contributed by atoms with E-state index in [2.05, 4.69) is 15.0 Å². The number of esters is 1. The van der Waals surface area contributed by atoms with Gasteiger partial charge in [-0.2, -0.15) is 0 Å². The first-order chi connectivity index (χ1) is 7.95. The molecule has 1 amide bonds. The molecule has 7 heteroatoms. The quantitative estimate of drug-likeness (QED) is 0.772. The Balaban J connectivity index is 2.74. The van der Waals surface area contributed by atoms with Crippen LogP contribution in [0, 0.1) is 5.92 Å². The second-order valence-electron chi connectivity index (χ2n) is 3.79. The van der Waals surface area contributed by atoms with Crippen LogP contribution in [0.3, 0.4) is 0 Å². The van der Waals surface area contributed by atoms with E-state index in [0.717, 1.165) is 0 Å². The van der Waals surface area contributed by atoms with Crippen molar-refractivity contribution in [2.24, 2.45) is 5.92 Å². The van der Waals surface area contributed by atoms with Crippen LogP contribution in [0.25, 0.3) is 0 Å². The van der Waals surface area contributed by atoms with Gasteiger partial charge in [-0.15, -0.1) is 11.3 Å². The normalized spacial score (nSPS) is 12.2. The molecule has 0 aromatic carbocycles. The number of nitrogens with one attached hydrogen (secondary N) is 1. The molecule has 0 aliphatic heterocycles. The molecule has 1 unspecified atom stereocenters. The number of nitrogen functional groups attached to an aromatic ring is 1. The summed E-state index contributed by atoms with van der Waals surface area (Å²) in [5, 5.41) is 4.43. The zero-order valence-corrected chi connectivity index (χ0v) is 10.7. The second-order valence-corrected chi connectivity index (χ2v) is 4.68. The standard InChI is InChI=1S/C10H15N3O3S/c1-5(2)7(9(15)16-3)13-8(14)6-4-17-10(11)12-6/h4-5,7H,1-3H3,(H2,11,12)(H,13,14). The number of rotatable bonds is 4. The number of anilines is 1. The fourth-order valence-corrected chi connectivity index (χ4v) is 1.77. The highest BCUT2D eigenvalue weighted by molar-refractivity contribution is 7.13. The lowest BCUT2D eigenvalue weighted by molar-refractivity contribution is -0.144. The molecule has 0 aliphatic rings. The lowest BCUT2D eigenvalue weighted by Crippen LogP contribution is -2.45. The predicted octanol–water partition coefficient (Wildman–Crippen LogP) is 0.653. The summed E-state index contributed by atoms with van der Waals surface area (Å²) in [5.74, 6) is -0.971. The van der Waals surface area contributed by atoms with E-state index in [0.29, 0.717) is 5.13 Å². The lowest BCUT2D eigenvalue weighted by Gasteiger charge is -2.19. The van der Waals surface area contributed by atoms with E-state index in [4.69, 9.17) is 5.73 Å². The van der Waals surface area contributed by atoms with E-state index in [-0.39, 0.29) is 11.6 Å². The monoisotopic (exact) mass is 257 g/mol. The van der Waals surface area contributed by atoms with E-state index in [9.17, 15) is 9.59 Å². The van der Waals surface area contributed by atoms with Gasteiger partial charge in [0.25, 0.3) is 5.91 Å². The molecule has 17 heavy (non-hydrogen) atoms. The number of carbonyl (C=O) groups excluding carboxylic acids is 2. The molecule has 1 aromatic rings. The first-order valence-corrected chi connectivity index (χ1v) is 5.93. The van der Waals surface area contributed by atoms with Crippen molar-refractivity contribution in [1.82, 2.24) is 10.3 Å². The third kappa shape index (κ3) is 3.42. The first kappa shape index (κ1) is 13.4. The van der Waals surface area contributed by atoms with Crippen LogP contribution < -0.4 is 11.1 Å². The largest absolute Gasteiger partial charge is 0.467 e. The summed E-state index contributed by atoms with van der Waals surface area (Å²) in [6.45, 7) is 3.63. The average Bonchev–Trinajstić information content (AvgIpc) is 2.71. The van der Waals surface area contributed by atoms with Crippen molar-refractivity contribution in [2.75, 3.05) is 12.8 Å².